The van der Waals surface area contributed by atoms with E-state index in [0.717, 1.165) is 6.08 Å². The van der Waals surface area contributed by atoms with Gasteiger partial charge >= 0.3 is 5.97 Å². The van der Waals surface area contributed by atoms with E-state index in [9.17, 15) is 9.59 Å². The van der Waals surface area contributed by atoms with Crippen molar-refractivity contribution in [3.63, 3.8) is 0 Å². The zero-order chi connectivity index (χ0) is 9.56. The van der Waals surface area contributed by atoms with Crippen LogP contribution in [0.2, 0.25) is 0 Å². The summed E-state index contributed by atoms with van der Waals surface area (Å²) in [6, 6.07) is 0. The van der Waals surface area contributed by atoms with Crippen LogP contribution >= 0.6 is 0 Å². The molecule has 0 N–H and O–H groups in total. The van der Waals surface area contributed by atoms with E-state index < -0.39 is 5.97 Å². The largest absolute Gasteiger partial charge is 0.490 e. The van der Waals surface area contributed by atoms with Crippen molar-refractivity contribution in [3.8, 4) is 0 Å². The summed E-state index contributed by atoms with van der Waals surface area (Å²) in [6.07, 6.45) is 1.10. The number of methoxy groups -OCH3 is 1. The van der Waals surface area contributed by atoms with E-state index in [-0.39, 0.29) is 18.1 Å². The average Bonchev–Trinajstić information content (AvgIpc) is 2.00. The standard InChI is InChI=1S/C8H12O4/c1-4-12-8(10)7(11-3)5-6(2)9/h5H,4H2,1-3H3/b7-5-. The van der Waals surface area contributed by atoms with E-state index in [1.54, 1.807) is 6.92 Å². The van der Waals surface area contributed by atoms with Crippen molar-refractivity contribution in [1.82, 2.24) is 0 Å². The Morgan fingerprint density at radius 2 is 2.00 bits per heavy atom. The molecule has 12 heavy (non-hydrogen) atoms. The van der Waals surface area contributed by atoms with Gasteiger partial charge in [-0.1, -0.05) is 0 Å². The molecule has 0 atom stereocenters. The van der Waals surface area contributed by atoms with Crippen LogP contribution in [0.3, 0.4) is 0 Å². The molecule has 0 radical (unpaired) electrons. The van der Waals surface area contributed by atoms with Crippen molar-refractivity contribution in [3.05, 3.63) is 11.8 Å². The Morgan fingerprint density at radius 3 is 2.33 bits per heavy atom. The van der Waals surface area contributed by atoms with E-state index in [1.165, 1.54) is 14.0 Å². The average molecular weight is 172 g/mol. The van der Waals surface area contributed by atoms with Crippen LogP contribution in [0.15, 0.2) is 11.8 Å². The van der Waals surface area contributed by atoms with Gasteiger partial charge < -0.3 is 9.47 Å². The molecule has 0 rings (SSSR count). The third-order valence-corrected chi connectivity index (χ3v) is 1.03. The number of ether oxygens (including phenoxy) is 2. The first-order chi connectivity index (χ1) is 5.61. The summed E-state index contributed by atoms with van der Waals surface area (Å²) in [5.74, 6) is -0.931. The van der Waals surface area contributed by atoms with Gasteiger partial charge in [0.2, 0.25) is 5.76 Å². The van der Waals surface area contributed by atoms with Gasteiger partial charge in [0.1, 0.15) is 0 Å². The Bertz CT molecular complexity index is 205. The molecule has 0 amide bonds. The molecule has 0 aliphatic heterocycles. The van der Waals surface area contributed by atoms with Crippen molar-refractivity contribution in [2.75, 3.05) is 13.7 Å². The van der Waals surface area contributed by atoms with Gasteiger partial charge in [0.05, 0.1) is 13.7 Å². The fourth-order valence-corrected chi connectivity index (χ4v) is 0.588. The second-order valence-electron chi connectivity index (χ2n) is 2.04. The zero-order valence-corrected chi connectivity index (χ0v) is 7.42. The SMILES string of the molecule is CCOC(=O)/C(=C/C(C)=O)OC. The molecule has 0 aliphatic carbocycles. The molecule has 0 saturated heterocycles. The van der Waals surface area contributed by atoms with Crippen LogP contribution < -0.4 is 0 Å². The fourth-order valence-electron chi connectivity index (χ4n) is 0.588. The van der Waals surface area contributed by atoms with E-state index in [1.807, 2.05) is 0 Å². The van der Waals surface area contributed by atoms with Crippen molar-refractivity contribution < 1.29 is 19.1 Å². The summed E-state index contributed by atoms with van der Waals surface area (Å²) in [5, 5.41) is 0. The number of allylic oxidation sites excluding steroid dienone is 1. The molecule has 0 aromatic carbocycles. The Balaban J connectivity index is 4.34. The third-order valence-electron chi connectivity index (χ3n) is 1.03. The normalized spacial score (nSPS) is 10.8. The van der Waals surface area contributed by atoms with Crippen LogP contribution in [0.25, 0.3) is 0 Å². The lowest BCUT2D eigenvalue weighted by Gasteiger charge is -2.03. The Labute approximate surface area is 71.2 Å². The number of rotatable bonds is 4. The van der Waals surface area contributed by atoms with Crippen molar-refractivity contribution in [1.29, 1.82) is 0 Å². The molecule has 0 heterocycles. The van der Waals surface area contributed by atoms with Crippen LogP contribution in [0, 0.1) is 0 Å². The lowest BCUT2D eigenvalue weighted by Crippen LogP contribution is -2.10. The molecular weight excluding hydrogens is 160 g/mol. The van der Waals surface area contributed by atoms with Crippen molar-refractivity contribution >= 4 is 11.8 Å². The zero-order valence-electron chi connectivity index (χ0n) is 7.42. The van der Waals surface area contributed by atoms with E-state index in [2.05, 4.69) is 9.47 Å². The molecular formula is C8H12O4. The van der Waals surface area contributed by atoms with E-state index >= 15 is 0 Å². The Kier molecular flexibility index (Phi) is 4.76. The summed E-state index contributed by atoms with van der Waals surface area (Å²) < 4.78 is 9.25. The molecule has 0 bridgehead atoms. The van der Waals surface area contributed by atoms with Gasteiger partial charge in [-0.3, -0.25) is 4.79 Å². The summed E-state index contributed by atoms with van der Waals surface area (Å²) in [4.78, 5) is 21.5. The number of ketones is 1. The maximum atomic E-state index is 10.9. The van der Waals surface area contributed by atoms with Crippen LogP contribution in [0.1, 0.15) is 13.8 Å². The quantitative estimate of drug-likeness (QED) is 0.355. The second-order valence-corrected chi connectivity index (χ2v) is 2.04. The molecule has 68 valence electrons. The molecule has 0 aliphatic rings. The lowest BCUT2D eigenvalue weighted by molar-refractivity contribution is -0.142. The first-order valence-corrected chi connectivity index (χ1v) is 3.55. The molecule has 0 aromatic rings. The van der Waals surface area contributed by atoms with Gasteiger partial charge in [-0.2, -0.15) is 0 Å². The molecule has 4 heteroatoms. The van der Waals surface area contributed by atoms with Crippen LogP contribution in [-0.2, 0) is 19.1 Å². The Hall–Kier alpha value is -1.32. The van der Waals surface area contributed by atoms with Gasteiger partial charge in [0.15, 0.2) is 5.78 Å². The predicted molar refractivity (Wildman–Crippen MR) is 42.4 cm³/mol. The van der Waals surface area contributed by atoms with Gasteiger partial charge in [0.25, 0.3) is 0 Å². The maximum Gasteiger partial charge on any atom is 0.373 e. The monoisotopic (exact) mass is 172 g/mol. The number of carbonyl (C=O) groups excluding carboxylic acids is 2. The summed E-state index contributed by atoms with van der Waals surface area (Å²) in [7, 11) is 1.31. The van der Waals surface area contributed by atoms with E-state index in [0.29, 0.717) is 0 Å². The molecule has 4 nitrogen and oxygen atoms in total. The minimum absolute atomic E-state index is 0.0654. The predicted octanol–water partition coefficient (Wildman–Crippen LogP) is 0.669. The minimum Gasteiger partial charge on any atom is -0.490 e. The highest BCUT2D eigenvalue weighted by Crippen LogP contribution is 1.98. The van der Waals surface area contributed by atoms with E-state index in [4.69, 9.17) is 0 Å². The van der Waals surface area contributed by atoms with Crippen molar-refractivity contribution in [2.24, 2.45) is 0 Å². The number of carbonyl (C=O) groups is 2. The molecule has 0 fully saturated rings. The van der Waals surface area contributed by atoms with Gasteiger partial charge in [-0.15, -0.1) is 0 Å². The summed E-state index contributed by atoms with van der Waals surface area (Å²) in [5.41, 5.74) is 0. The maximum absolute atomic E-state index is 10.9. The Morgan fingerprint density at radius 1 is 1.42 bits per heavy atom. The van der Waals surface area contributed by atoms with Crippen molar-refractivity contribution in [2.45, 2.75) is 13.8 Å². The number of esters is 1. The van der Waals surface area contributed by atoms with Crippen LogP contribution in [0.5, 0.6) is 0 Å². The fraction of sp³-hybridized carbons (Fsp3) is 0.500. The number of hydrogen-bond acceptors (Lipinski definition) is 4. The first kappa shape index (κ1) is 10.7. The third kappa shape index (κ3) is 3.75. The highest BCUT2D eigenvalue weighted by atomic mass is 16.6. The highest BCUT2D eigenvalue weighted by Gasteiger charge is 2.10. The lowest BCUT2D eigenvalue weighted by atomic mass is 10.3. The van der Waals surface area contributed by atoms with Crippen LogP contribution in [0.4, 0.5) is 0 Å². The molecule has 0 unspecified atom stereocenters. The van der Waals surface area contributed by atoms with Gasteiger partial charge in [-0.05, 0) is 13.8 Å². The second kappa shape index (κ2) is 5.35. The topological polar surface area (TPSA) is 52.6 Å². The van der Waals surface area contributed by atoms with Gasteiger partial charge in [-0.25, -0.2) is 4.79 Å². The minimum atomic E-state index is -0.616. The molecule has 0 saturated carbocycles. The summed E-state index contributed by atoms with van der Waals surface area (Å²) in [6.45, 7) is 3.27. The highest BCUT2D eigenvalue weighted by molar-refractivity contribution is 5.96. The number of hydrogen-bond donors (Lipinski definition) is 0. The first-order valence-electron chi connectivity index (χ1n) is 3.55. The molecule has 0 aromatic heterocycles. The molecule has 0 spiro atoms. The smallest absolute Gasteiger partial charge is 0.373 e. The van der Waals surface area contributed by atoms with Gasteiger partial charge in [0, 0.05) is 6.08 Å². The van der Waals surface area contributed by atoms with Crippen LogP contribution in [-0.4, -0.2) is 25.5 Å². The summed E-state index contributed by atoms with van der Waals surface area (Å²) >= 11 is 0.